The summed E-state index contributed by atoms with van der Waals surface area (Å²) in [6.45, 7) is 17.4. The van der Waals surface area contributed by atoms with E-state index in [2.05, 4.69) is 181 Å². The topological polar surface area (TPSA) is 38.0 Å². The van der Waals surface area contributed by atoms with Gasteiger partial charge in [0.15, 0.2) is 0 Å². The first kappa shape index (κ1) is 31.1. The third-order valence-corrected chi connectivity index (χ3v) is 10.3. The molecule has 0 fully saturated rings. The number of para-hydroxylation sites is 4. The molecule has 4 heteroatoms. The summed E-state index contributed by atoms with van der Waals surface area (Å²) in [6.07, 6.45) is 0. The lowest BCUT2D eigenvalue weighted by Crippen LogP contribution is -2.09. The molecule has 0 aliphatic rings. The Labute approximate surface area is 302 Å². The highest BCUT2D eigenvalue weighted by Crippen LogP contribution is 2.52. The minimum atomic E-state index is 0.451. The maximum Gasteiger partial charge on any atom is 0.220 e. The Morgan fingerprint density at radius 1 is 0.481 bits per heavy atom. The lowest BCUT2D eigenvalue weighted by atomic mass is 9.87. The van der Waals surface area contributed by atoms with Gasteiger partial charge in [0.1, 0.15) is 6.07 Å². The molecule has 0 bridgehead atoms. The van der Waals surface area contributed by atoms with Crippen molar-refractivity contribution in [2.75, 3.05) is 0 Å². The van der Waals surface area contributed by atoms with Gasteiger partial charge in [-0.25, -0.2) is 4.85 Å². The molecule has 0 spiro atoms. The van der Waals surface area contributed by atoms with E-state index in [-0.39, 0.29) is 0 Å². The van der Waals surface area contributed by atoms with Crippen molar-refractivity contribution in [1.82, 2.24) is 9.13 Å². The molecule has 2 heterocycles. The van der Waals surface area contributed by atoms with E-state index in [0.29, 0.717) is 16.8 Å². The Hall–Kier alpha value is -6.88. The molecular weight excluding hydrogens is 633 g/mol. The van der Waals surface area contributed by atoms with E-state index in [1.54, 1.807) is 0 Å². The van der Waals surface area contributed by atoms with Crippen LogP contribution in [0.15, 0.2) is 133 Å². The number of hydrogen-bond acceptors (Lipinski definition) is 1. The predicted molar refractivity (Wildman–Crippen MR) is 216 cm³/mol. The van der Waals surface area contributed by atoms with Crippen LogP contribution in [0.5, 0.6) is 0 Å². The fourth-order valence-electron chi connectivity index (χ4n) is 8.49. The minimum Gasteiger partial charge on any atom is -0.318 e. The lowest BCUT2D eigenvalue weighted by molar-refractivity contribution is 1.13. The van der Waals surface area contributed by atoms with Crippen molar-refractivity contribution in [3.63, 3.8) is 0 Å². The van der Waals surface area contributed by atoms with Crippen LogP contribution >= 0.6 is 0 Å². The molecule has 0 saturated carbocycles. The minimum absolute atomic E-state index is 0.451. The van der Waals surface area contributed by atoms with E-state index in [0.717, 1.165) is 93.9 Å². The van der Waals surface area contributed by atoms with Crippen LogP contribution < -0.4 is 0 Å². The molecule has 246 valence electrons. The number of aryl methyl sites for hydroxylation is 4. The first-order chi connectivity index (χ1) is 25.4. The predicted octanol–water partition coefficient (Wildman–Crippen LogP) is 12.9. The van der Waals surface area contributed by atoms with E-state index in [4.69, 9.17) is 6.57 Å². The number of hydrogen-bond donors (Lipinski definition) is 0. The van der Waals surface area contributed by atoms with Gasteiger partial charge in [0, 0.05) is 32.7 Å². The summed E-state index contributed by atoms with van der Waals surface area (Å²) in [7, 11) is 0. The fraction of sp³-hybridized carbons (Fsp3) is 0.0833. The summed E-state index contributed by atoms with van der Waals surface area (Å²) in [5, 5.41) is 16.0. The van der Waals surface area contributed by atoms with Gasteiger partial charge in [0.2, 0.25) is 5.69 Å². The van der Waals surface area contributed by atoms with Crippen molar-refractivity contribution in [1.29, 1.82) is 5.26 Å². The van der Waals surface area contributed by atoms with Crippen molar-refractivity contribution < 1.29 is 0 Å². The standard InChI is InChI=1S/C48H34N4/c1-29-22-30(2)25-33(24-29)44-39(28-49)47(51-40-18-10-6-14-35(40)36-15-7-11-19-41(36)51)45(34-26-31(3)23-32(4)27-34)48(46(44)50-5)52-42-20-12-8-16-37(42)38-17-9-13-21-43(38)52/h6-27H,1-4H3. The Morgan fingerprint density at radius 3 is 1.19 bits per heavy atom. The first-order valence-electron chi connectivity index (χ1n) is 17.5. The largest absolute Gasteiger partial charge is 0.318 e. The highest BCUT2D eigenvalue weighted by Gasteiger charge is 2.31. The van der Waals surface area contributed by atoms with Crippen LogP contribution in [0.3, 0.4) is 0 Å². The molecule has 9 rings (SSSR count). The van der Waals surface area contributed by atoms with Crippen LogP contribution in [0.2, 0.25) is 0 Å². The molecule has 0 unspecified atom stereocenters. The summed E-state index contributed by atoms with van der Waals surface area (Å²) in [6, 6.07) is 49.4. The molecule has 0 radical (unpaired) electrons. The molecule has 0 atom stereocenters. The molecule has 0 amide bonds. The summed E-state index contributed by atoms with van der Waals surface area (Å²) in [4.78, 5) is 4.43. The van der Waals surface area contributed by atoms with Crippen LogP contribution in [-0.4, -0.2) is 9.13 Å². The molecule has 0 N–H and O–H groups in total. The quantitative estimate of drug-likeness (QED) is 0.172. The van der Waals surface area contributed by atoms with Crippen LogP contribution in [0.25, 0.3) is 82.1 Å². The molecule has 9 aromatic rings. The van der Waals surface area contributed by atoms with Crippen molar-refractivity contribution in [3.8, 4) is 39.7 Å². The van der Waals surface area contributed by atoms with Gasteiger partial charge in [-0.15, -0.1) is 0 Å². The highest BCUT2D eigenvalue weighted by molar-refractivity contribution is 6.14. The summed E-state index contributed by atoms with van der Waals surface area (Å²) >= 11 is 0. The second kappa shape index (κ2) is 11.9. The van der Waals surface area contributed by atoms with Crippen molar-refractivity contribution in [3.05, 3.63) is 173 Å². The highest BCUT2D eigenvalue weighted by atomic mass is 15.0. The monoisotopic (exact) mass is 666 g/mol. The van der Waals surface area contributed by atoms with Gasteiger partial charge in [-0.3, -0.25) is 0 Å². The SMILES string of the molecule is [C-]#[N+]c1c(-c2cc(C)cc(C)c2)c(C#N)c(-n2c3ccccc3c3ccccc32)c(-c2cc(C)cc(C)c2)c1-n1c2ccccc2c2ccccc21. The third kappa shape index (κ3) is 4.59. The van der Waals surface area contributed by atoms with Gasteiger partial charge in [-0.05, 0) is 63.1 Å². The van der Waals surface area contributed by atoms with E-state index in [9.17, 15) is 5.26 Å². The van der Waals surface area contributed by atoms with E-state index in [1.165, 1.54) is 0 Å². The average molecular weight is 667 g/mol. The van der Waals surface area contributed by atoms with Crippen LogP contribution in [0.1, 0.15) is 27.8 Å². The molecule has 52 heavy (non-hydrogen) atoms. The zero-order valence-corrected chi connectivity index (χ0v) is 29.5. The maximum absolute atomic E-state index is 11.5. The zero-order chi connectivity index (χ0) is 35.7. The third-order valence-electron chi connectivity index (χ3n) is 10.3. The van der Waals surface area contributed by atoms with E-state index < -0.39 is 0 Å². The Morgan fingerprint density at radius 2 is 0.827 bits per heavy atom. The number of nitrogens with zero attached hydrogens (tertiary/aromatic N) is 4. The van der Waals surface area contributed by atoms with Gasteiger partial charge in [0.05, 0.1) is 45.6 Å². The maximum atomic E-state index is 11.5. The number of benzene rings is 7. The molecule has 0 saturated heterocycles. The van der Waals surface area contributed by atoms with E-state index in [1.807, 2.05) is 0 Å². The van der Waals surface area contributed by atoms with Gasteiger partial charge in [-0.2, -0.15) is 5.26 Å². The first-order valence-corrected chi connectivity index (χ1v) is 17.5. The number of aromatic nitrogens is 2. The smallest absolute Gasteiger partial charge is 0.220 e. The van der Waals surface area contributed by atoms with Gasteiger partial charge in [0.25, 0.3) is 0 Å². The Kier molecular flexibility index (Phi) is 7.11. The average Bonchev–Trinajstić information content (AvgIpc) is 3.65. The normalized spacial score (nSPS) is 11.4. The van der Waals surface area contributed by atoms with Crippen molar-refractivity contribution in [2.24, 2.45) is 0 Å². The van der Waals surface area contributed by atoms with Crippen LogP contribution in [0.4, 0.5) is 5.69 Å². The van der Waals surface area contributed by atoms with Crippen LogP contribution in [-0.2, 0) is 0 Å². The number of nitriles is 1. The second-order valence-electron chi connectivity index (χ2n) is 13.9. The molecule has 4 nitrogen and oxygen atoms in total. The number of fused-ring (bicyclic) bond motifs is 6. The molecule has 7 aromatic carbocycles. The van der Waals surface area contributed by atoms with Crippen molar-refractivity contribution >= 4 is 49.3 Å². The lowest BCUT2D eigenvalue weighted by Gasteiger charge is -2.26. The van der Waals surface area contributed by atoms with Gasteiger partial charge in [-0.1, -0.05) is 131 Å². The zero-order valence-electron chi connectivity index (χ0n) is 29.5. The Balaban J connectivity index is 1.64. The van der Waals surface area contributed by atoms with E-state index >= 15 is 0 Å². The van der Waals surface area contributed by atoms with Gasteiger partial charge >= 0.3 is 0 Å². The van der Waals surface area contributed by atoms with Crippen molar-refractivity contribution in [2.45, 2.75) is 27.7 Å². The molecule has 2 aromatic heterocycles. The van der Waals surface area contributed by atoms with Crippen LogP contribution in [0, 0.1) is 45.6 Å². The second-order valence-corrected chi connectivity index (χ2v) is 13.9. The van der Waals surface area contributed by atoms with Gasteiger partial charge < -0.3 is 9.13 Å². The summed E-state index contributed by atoms with van der Waals surface area (Å²) in [5.74, 6) is 0. The molecule has 0 aliphatic heterocycles. The molecular formula is C48H34N4. The summed E-state index contributed by atoms with van der Waals surface area (Å²) < 4.78 is 4.54. The fourth-order valence-corrected chi connectivity index (χ4v) is 8.49. The molecule has 0 aliphatic carbocycles. The Bertz CT molecular complexity index is 2730. The summed E-state index contributed by atoms with van der Waals surface area (Å²) in [5.41, 5.74) is 14.1. The number of rotatable bonds is 4.